The first-order valence-corrected chi connectivity index (χ1v) is 15.3. The molecule has 0 amide bonds. The monoisotopic (exact) mass is 696 g/mol. The van der Waals surface area contributed by atoms with E-state index in [2.05, 4.69) is 31.9 Å². The Kier molecular flexibility index (Phi) is 12.5. The van der Waals surface area contributed by atoms with E-state index in [4.69, 9.17) is 9.47 Å². The van der Waals surface area contributed by atoms with Crippen LogP contribution in [0.3, 0.4) is 0 Å². The number of carbonyl (C=O) groups excluding carboxylic acids is 2. The van der Waals surface area contributed by atoms with E-state index in [0.717, 1.165) is 20.1 Å². The van der Waals surface area contributed by atoms with Crippen molar-refractivity contribution >= 4 is 55.6 Å². The molecule has 0 spiro atoms. The molecular weight excluding hydrogens is 668 g/mol. The lowest BCUT2D eigenvalue weighted by molar-refractivity contribution is 0.103. The molecule has 0 heterocycles. The van der Waals surface area contributed by atoms with Gasteiger partial charge in [0.1, 0.15) is 11.5 Å². The third kappa shape index (κ3) is 11.2. The van der Waals surface area contributed by atoms with Crippen molar-refractivity contribution in [2.75, 3.05) is 13.2 Å². The quantitative estimate of drug-likeness (QED) is 0.0570. The molecule has 0 N–H and O–H groups in total. The van der Waals surface area contributed by atoms with Gasteiger partial charge in [0.15, 0.2) is 11.6 Å². The molecule has 0 radical (unpaired) electrons. The van der Waals surface area contributed by atoms with Crippen LogP contribution in [-0.4, -0.2) is 24.8 Å². The second-order valence-electron chi connectivity index (χ2n) is 9.37. The molecule has 0 aliphatic heterocycles. The molecule has 0 aromatic heterocycles. The van der Waals surface area contributed by atoms with Gasteiger partial charge in [0, 0.05) is 26.5 Å². The predicted octanol–water partition coefficient (Wildman–Crippen LogP) is 9.88. The molecular formula is C37H30Br2O4. The summed E-state index contributed by atoms with van der Waals surface area (Å²) in [6, 6.07) is 33.9. The summed E-state index contributed by atoms with van der Waals surface area (Å²) in [5.74, 6) is 1.20. The second kappa shape index (κ2) is 17.0. The minimum absolute atomic E-state index is 0.0881. The van der Waals surface area contributed by atoms with Gasteiger partial charge in [-0.25, -0.2) is 0 Å². The summed E-state index contributed by atoms with van der Waals surface area (Å²) in [6.45, 7) is 0.939. The number of hydrogen-bond acceptors (Lipinski definition) is 4. The molecule has 4 nitrogen and oxygen atoms in total. The van der Waals surface area contributed by atoms with Gasteiger partial charge in [0.25, 0.3) is 0 Å². The van der Waals surface area contributed by atoms with Crippen LogP contribution in [0, 0.1) is 0 Å². The highest BCUT2D eigenvalue weighted by Crippen LogP contribution is 2.18. The summed E-state index contributed by atoms with van der Waals surface area (Å²) < 4.78 is 13.2. The average Bonchev–Trinajstić information content (AvgIpc) is 3.04. The summed E-state index contributed by atoms with van der Waals surface area (Å²) in [4.78, 5) is 25.0. The van der Waals surface area contributed by atoms with Crippen LogP contribution >= 0.6 is 31.9 Å². The van der Waals surface area contributed by atoms with Crippen molar-refractivity contribution in [3.8, 4) is 11.5 Å². The molecule has 0 saturated carbocycles. The van der Waals surface area contributed by atoms with Crippen molar-refractivity contribution < 1.29 is 19.1 Å². The van der Waals surface area contributed by atoms with Crippen LogP contribution < -0.4 is 9.47 Å². The minimum Gasteiger partial charge on any atom is -0.493 e. The highest BCUT2D eigenvalue weighted by Gasteiger charge is 2.05. The van der Waals surface area contributed by atoms with E-state index in [0.29, 0.717) is 42.3 Å². The summed E-state index contributed by atoms with van der Waals surface area (Å²) >= 11 is 6.97. The van der Waals surface area contributed by atoms with Crippen LogP contribution in [0.2, 0.25) is 0 Å². The van der Waals surface area contributed by atoms with Crippen molar-refractivity contribution in [2.45, 2.75) is 6.42 Å². The average molecular weight is 698 g/mol. The fourth-order valence-corrected chi connectivity index (χ4v) is 4.68. The van der Waals surface area contributed by atoms with E-state index in [1.165, 1.54) is 0 Å². The third-order valence-corrected chi connectivity index (χ3v) is 7.09. The van der Waals surface area contributed by atoms with Gasteiger partial charge in [-0.2, -0.15) is 0 Å². The lowest BCUT2D eigenvalue weighted by atomic mass is 10.1. The van der Waals surface area contributed by atoms with Gasteiger partial charge in [-0.15, -0.1) is 0 Å². The zero-order valence-corrected chi connectivity index (χ0v) is 26.5. The molecule has 4 rings (SSSR count). The van der Waals surface area contributed by atoms with Gasteiger partial charge in [0.05, 0.1) is 13.2 Å². The largest absolute Gasteiger partial charge is 0.493 e. The van der Waals surface area contributed by atoms with Gasteiger partial charge >= 0.3 is 0 Å². The van der Waals surface area contributed by atoms with Gasteiger partial charge in [0.2, 0.25) is 0 Å². The summed E-state index contributed by atoms with van der Waals surface area (Å²) in [6.07, 6.45) is 11.1. The van der Waals surface area contributed by atoms with Crippen molar-refractivity contribution in [3.63, 3.8) is 0 Å². The number of carbonyl (C=O) groups is 2. The van der Waals surface area contributed by atoms with Crippen LogP contribution in [0.1, 0.15) is 38.3 Å². The van der Waals surface area contributed by atoms with E-state index in [-0.39, 0.29) is 11.6 Å². The molecule has 0 saturated heterocycles. The van der Waals surface area contributed by atoms with Crippen LogP contribution in [0.5, 0.6) is 11.5 Å². The van der Waals surface area contributed by atoms with Crippen molar-refractivity contribution in [2.24, 2.45) is 0 Å². The number of allylic oxidation sites excluding steroid dienone is 6. The summed E-state index contributed by atoms with van der Waals surface area (Å²) in [5, 5.41) is 0. The lowest BCUT2D eigenvalue weighted by Crippen LogP contribution is -2.05. The summed E-state index contributed by atoms with van der Waals surface area (Å²) in [5.41, 5.74) is 3.27. The smallest absolute Gasteiger partial charge is 0.185 e. The Morgan fingerprint density at radius 3 is 1.26 bits per heavy atom. The van der Waals surface area contributed by atoms with Gasteiger partial charge < -0.3 is 9.47 Å². The lowest BCUT2D eigenvalue weighted by Gasteiger charge is -2.09. The minimum atomic E-state index is -0.0881. The molecule has 0 aliphatic carbocycles. The van der Waals surface area contributed by atoms with E-state index in [9.17, 15) is 9.59 Å². The highest BCUT2D eigenvalue weighted by atomic mass is 79.9. The number of rotatable bonds is 14. The van der Waals surface area contributed by atoms with Crippen LogP contribution in [0.4, 0.5) is 0 Å². The van der Waals surface area contributed by atoms with Crippen LogP contribution in [-0.2, 0) is 0 Å². The molecule has 0 bridgehead atoms. The zero-order chi connectivity index (χ0) is 30.3. The van der Waals surface area contributed by atoms with Crippen LogP contribution in [0.15, 0.2) is 142 Å². The van der Waals surface area contributed by atoms with E-state index in [1.807, 2.05) is 72.8 Å². The first-order valence-electron chi connectivity index (χ1n) is 13.7. The maximum Gasteiger partial charge on any atom is 0.185 e. The van der Waals surface area contributed by atoms with E-state index in [1.54, 1.807) is 72.8 Å². The van der Waals surface area contributed by atoms with E-state index < -0.39 is 0 Å². The Morgan fingerprint density at radius 1 is 0.512 bits per heavy atom. The number of halogens is 2. The molecule has 0 aliphatic rings. The SMILES string of the molecule is O=C(/C=C/C(Br)=C/c1ccccc1)c1ccc(OCCCOc2ccc(C(=O)/C=C/C(Br)=C/c3ccccc3)cc2)cc1. The van der Waals surface area contributed by atoms with Crippen molar-refractivity contribution in [1.82, 2.24) is 0 Å². The summed E-state index contributed by atoms with van der Waals surface area (Å²) in [7, 11) is 0. The maximum atomic E-state index is 12.5. The van der Waals surface area contributed by atoms with Crippen molar-refractivity contribution in [1.29, 1.82) is 0 Å². The number of hydrogen-bond donors (Lipinski definition) is 0. The zero-order valence-electron chi connectivity index (χ0n) is 23.4. The molecule has 43 heavy (non-hydrogen) atoms. The Morgan fingerprint density at radius 2 is 0.884 bits per heavy atom. The predicted molar refractivity (Wildman–Crippen MR) is 182 cm³/mol. The topological polar surface area (TPSA) is 52.6 Å². The second-order valence-corrected chi connectivity index (χ2v) is 11.2. The molecule has 6 heteroatoms. The molecule has 4 aromatic rings. The van der Waals surface area contributed by atoms with Crippen LogP contribution in [0.25, 0.3) is 12.2 Å². The standard InChI is InChI=1S/C37H30Br2O4/c38-32(26-28-8-3-1-4-9-28)16-22-36(40)30-12-18-34(19-13-30)42-24-7-25-43-35-20-14-31(15-21-35)37(41)23-17-33(39)27-29-10-5-2-6-11-29/h1-6,8-23,26-27H,7,24-25H2/b22-16+,23-17+,32-26-,33-27-. The Balaban J connectivity index is 1.16. The van der Waals surface area contributed by atoms with Gasteiger partial charge in [-0.1, -0.05) is 92.5 Å². The van der Waals surface area contributed by atoms with Crippen molar-refractivity contribution in [3.05, 3.63) is 165 Å². The molecule has 0 unspecified atom stereocenters. The fourth-order valence-electron chi connectivity index (χ4n) is 3.89. The Bertz CT molecular complexity index is 1480. The fraction of sp³-hybridized carbons (Fsp3) is 0.0811. The molecule has 0 fully saturated rings. The normalized spacial score (nSPS) is 12.0. The van der Waals surface area contributed by atoms with E-state index >= 15 is 0 Å². The maximum absolute atomic E-state index is 12.5. The van der Waals surface area contributed by atoms with Gasteiger partial charge in [-0.3, -0.25) is 9.59 Å². The molecule has 216 valence electrons. The van der Waals surface area contributed by atoms with Gasteiger partial charge in [-0.05, 0) is 96.1 Å². The Labute approximate surface area is 269 Å². The number of benzene rings is 4. The first kappa shape index (κ1) is 31.7. The molecule has 0 atom stereocenters. The third-order valence-electron chi connectivity index (χ3n) is 6.10. The number of ketones is 2. The first-order chi connectivity index (χ1) is 21.0. The number of ether oxygens (including phenoxy) is 2. The Hall–Kier alpha value is -4.26. The molecule has 4 aromatic carbocycles. The highest BCUT2D eigenvalue weighted by molar-refractivity contribution is 9.12.